The number of benzene rings is 1. The van der Waals surface area contributed by atoms with Gasteiger partial charge >= 0.3 is 0 Å². The van der Waals surface area contributed by atoms with Crippen molar-refractivity contribution in [2.45, 2.75) is 37.5 Å². The molecule has 1 saturated carbocycles. The summed E-state index contributed by atoms with van der Waals surface area (Å²) in [6.45, 7) is 2.73. The lowest BCUT2D eigenvalue weighted by Gasteiger charge is -2.06. The molecule has 1 fully saturated rings. The highest BCUT2D eigenvalue weighted by atomic mass is 35.5. The Morgan fingerprint density at radius 3 is 2.83 bits per heavy atom. The van der Waals surface area contributed by atoms with Crippen LogP contribution in [0, 0.1) is 5.92 Å². The number of carbonyl (C=O) groups excluding carboxylic acids is 1. The van der Waals surface area contributed by atoms with E-state index in [-0.39, 0.29) is 17.2 Å². The van der Waals surface area contributed by atoms with Gasteiger partial charge in [-0.3, -0.25) is 4.79 Å². The van der Waals surface area contributed by atoms with Crippen molar-refractivity contribution in [1.29, 1.82) is 0 Å². The number of nitrogens with one attached hydrogen (secondary N) is 1. The molecule has 3 atom stereocenters. The average molecular weight is 266 g/mol. The third-order valence-corrected chi connectivity index (χ3v) is 3.65. The summed E-state index contributed by atoms with van der Waals surface area (Å²) in [5.41, 5.74) is 1.28. The van der Waals surface area contributed by atoms with Gasteiger partial charge in [-0.25, -0.2) is 0 Å². The Labute approximate surface area is 114 Å². The first-order chi connectivity index (χ1) is 8.68. The van der Waals surface area contributed by atoms with Crippen molar-refractivity contribution >= 4 is 17.5 Å². The quantitative estimate of drug-likeness (QED) is 0.621. The van der Waals surface area contributed by atoms with Crippen LogP contribution in [-0.4, -0.2) is 17.8 Å². The lowest BCUT2D eigenvalue weighted by atomic mass is 10.1. The highest BCUT2D eigenvalue weighted by Crippen LogP contribution is 2.47. The Hall–Kier alpha value is -1.02. The van der Waals surface area contributed by atoms with Crippen LogP contribution in [0.3, 0.4) is 0 Å². The Morgan fingerprint density at radius 1 is 1.44 bits per heavy atom. The molecule has 0 radical (unpaired) electrons. The van der Waals surface area contributed by atoms with Crippen LogP contribution >= 0.6 is 11.6 Å². The van der Waals surface area contributed by atoms with E-state index in [0.717, 1.165) is 25.8 Å². The summed E-state index contributed by atoms with van der Waals surface area (Å²) < 4.78 is 0. The highest BCUT2D eigenvalue weighted by molar-refractivity contribution is 6.20. The second-order valence-corrected chi connectivity index (χ2v) is 5.82. The van der Waals surface area contributed by atoms with Crippen LogP contribution in [0.4, 0.5) is 0 Å². The minimum atomic E-state index is 0.181. The molecule has 0 aliphatic heterocycles. The van der Waals surface area contributed by atoms with Gasteiger partial charge in [0.1, 0.15) is 0 Å². The van der Waals surface area contributed by atoms with E-state index in [0.29, 0.717) is 5.92 Å². The summed E-state index contributed by atoms with van der Waals surface area (Å²) in [5, 5.41) is 3.20. The van der Waals surface area contributed by atoms with E-state index < -0.39 is 0 Å². The van der Waals surface area contributed by atoms with Gasteiger partial charge in [0, 0.05) is 17.8 Å². The van der Waals surface area contributed by atoms with Crippen LogP contribution in [-0.2, 0) is 4.79 Å². The molecule has 0 aromatic heterocycles. The van der Waals surface area contributed by atoms with Gasteiger partial charge in [0.2, 0.25) is 5.91 Å². The van der Waals surface area contributed by atoms with E-state index in [1.165, 1.54) is 5.56 Å². The van der Waals surface area contributed by atoms with Gasteiger partial charge in [0.15, 0.2) is 0 Å². The summed E-state index contributed by atoms with van der Waals surface area (Å²) >= 11 is 5.86. The Bertz CT molecular complexity index is 391. The monoisotopic (exact) mass is 265 g/mol. The molecule has 0 spiro atoms. The third-order valence-electron chi connectivity index (χ3n) is 3.43. The van der Waals surface area contributed by atoms with Crippen LogP contribution in [0.2, 0.25) is 0 Å². The zero-order valence-electron chi connectivity index (χ0n) is 10.7. The normalized spacial score (nSPS) is 23.4. The number of amides is 1. The van der Waals surface area contributed by atoms with Gasteiger partial charge in [0.25, 0.3) is 0 Å². The zero-order valence-corrected chi connectivity index (χ0v) is 11.5. The second-order valence-electron chi connectivity index (χ2n) is 5.07. The molecule has 1 amide bonds. The van der Waals surface area contributed by atoms with Crippen molar-refractivity contribution in [1.82, 2.24) is 5.32 Å². The van der Waals surface area contributed by atoms with Crippen LogP contribution < -0.4 is 5.32 Å². The topological polar surface area (TPSA) is 29.1 Å². The molecule has 3 unspecified atom stereocenters. The van der Waals surface area contributed by atoms with Gasteiger partial charge in [-0.05, 0) is 37.7 Å². The summed E-state index contributed by atoms with van der Waals surface area (Å²) in [4.78, 5) is 11.9. The molecule has 0 heterocycles. The van der Waals surface area contributed by atoms with Crippen LogP contribution in [0.5, 0.6) is 0 Å². The standard InChI is InChI=1S/C15H20ClNO/c1-11(16)6-5-9-17-15(18)14-10-13(14)12-7-3-2-4-8-12/h2-4,7-8,11,13-14H,5-6,9-10H2,1H3,(H,17,18). The molecule has 2 rings (SSSR count). The fourth-order valence-corrected chi connectivity index (χ4v) is 2.43. The molecule has 18 heavy (non-hydrogen) atoms. The van der Waals surface area contributed by atoms with Crippen LogP contribution in [0.1, 0.15) is 37.7 Å². The molecule has 2 nitrogen and oxygen atoms in total. The first-order valence-electron chi connectivity index (χ1n) is 6.65. The zero-order chi connectivity index (χ0) is 13.0. The number of rotatable bonds is 6. The molecule has 0 saturated heterocycles. The van der Waals surface area contributed by atoms with Crippen molar-refractivity contribution in [2.75, 3.05) is 6.54 Å². The van der Waals surface area contributed by atoms with Crippen LogP contribution in [0.25, 0.3) is 0 Å². The third kappa shape index (κ3) is 3.74. The molecule has 98 valence electrons. The van der Waals surface area contributed by atoms with Crippen molar-refractivity contribution in [3.05, 3.63) is 35.9 Å². The lowest BCUT2D eigenvalue weighted by molar-refractivity contribution is -0.122. The molecule has 1 aromatic carbocycles. The highest BCUT2D eigenvalue weighted by Gasteiger charge is 2.43. The Balaban J connectivity index is 1.70. The summed E-state index contributed by atoms with van der Waals surface area (Å²) in [7, 11) is 0. The number of hydrogen-bond donors (Lipinski definition) is 1. The molecule has 1 aliphatic rings. The van der Waals surface area contributed by atoms with Gasteiger partial charge in [-0.2, -0.15) is 0 Å². The van der Waals surface area contributed by atoms with E-state index in [4.69, 9.17) is 11.6 Å². The van der Waals surface area contributed by atoms with E-state index in [1.807, 2.05) is 25.1 Å². The molecule has 1 N–H and O–H groups in total. The SMILES string of the molecule is CC(Cl)CCCNC(=O)C1CC1c1ccccc1. The van der Waals surface area contributed by atoms with Crippen molar-refractivity contribution < 1.29 is 4.79 Å². The van der Waals surface area contributed by atoms with Crippen molar-refractivity contribution in [3.63, 3.8) is 0 Å². The van der Waals surface area contributed by atoms with Crippen LogP contribution in [0.15, 0.2) is 30.3 Å². The molecule has 3 heteroatoms. The molecular weight excluding hydrogens is 246 g/mol. The van der Waals surface area contributed by atoms with Crippen molar-refractivity contribution in [2.24, 2.45) is 5.92 Å². The lowest BCUT2D eigenvalue weighted by Crippen LogP contribution is -2.26. The number of alkyl halides is 1. The predicted octanol–water partition coefficient (Wildman–Crippen LogP) is 3.31. The predicted molar refractivity (Wildman–Crippen MR) is 74.8 cm³/mol. The maximum atomic E-state index is 11.9. The maximum Gasteiger partial charge on any atom is 0.223 e. The smallest absolute Gasteiger partial charge is 0.223 e. The minimum absolute atomic E-state index is 0.181. The number of carbonyl (C=O) groups is 1. The van der Waals surface area contributed by atoms with E-state index in [2.05, 4.69) is 17.4 Å². The van der Waals surface area contributed by atoms with Gasteiger partial charge < -0.3 is 5.32 Å². The largest absolute Gasteiger partial charge is 0.356 e. The molecule has 0 bridgehead atoms. The fourth-order valence-electron chi connectivity index (χ4n) is 2.28. The molecular formula is C15H20ClNO. The Kier molecular flexibility index (Phi) is 4.65. The molecule has 1 aliphatic carbocycles. The van der Waals surface area contributed by atoms with E-state index in [1.54, 1.807) is 0 Å². The van der Waals surface area contributed by atoms with E-state index >= 15 is 0 Å². The number of halogens is 1. The summed E-state index contributed by atoms with van der Waals surface area (Å²) in [6, 6.07) is 10.3. The van der Waals surface area contributed by atoms with Gasteiger partial charge in [0.05, 0.1) is 0 Å². The van der Waals surface area contributed by atoms with Gasteiger partial charge in [-0.15, -0.1) is 11.6 Å². The van der Waals surface area contributed by atoms with Crippen molar-refractivity contribution in [3.8, 4) is 0 Å². The Morgan fingerprint density at radius 2 is 2.17 bits per heavy atom. The van der Waals surface area contributed by atoms with E-state index in [9.17, 15) is 4.79 Å². The fraction of sp³-hybridized carbons (Fsp3) is 0.533. The minimum Gasteiger partial charge on any atom is -0.356 e. The first kappa shape index (κ1) is 13.4. The summed E-state index contributed by atoms with van der Waals surface area (Å²) in [5.74, 6) is 0.810. The number of hydrogen-bond acceptors (Lipinski definition) is 1. The maximum absolute atomic E-state index is 11.9. The van der Waals surface area contributed by atoms with Gasteiger partial charge in [-0.1, -0.05) is 30.3 Å². The summed E-state index contributed by atoms with van der Waals surface area (Å²) in [6.07, 6.45) is 2.90. The first-order valence-corrected chi connectivity index (χ1v) is 7.09. The average Bonchev–Trinajstić information content (AvgIpc) is 3.15. The second kappa shape index (κ2) is 6.24. The molecule has 1 aromatic rings.